The van der Waals surface area contributed by atoms with Gasteiger partial charge in [-0.3, -0.25) is 4.79 Å². The molecule has 3 rings (SSSR count). The van der Waals surface area contributed by atoms with Gasteiger partial charge in [-0.15, -0.1) is 10.2 Å². The van der Waals surface area contributed by atoms with E-state index in [1.165, 1.54) is 22.7 Å². The third-order valence-electron chi connectivity index (χ3n) is 3.25. The van der Waals surface area contributed by atoms with E-state index < -0.39 is 0 Å². The van der Waals surface area contributed by atoms with Crippen LogP contribution >= 0.6 is 11.8 Å². The Morgan fingerprint density at radius 1 is 1.26 bits per heavy atom. The fourth-order valence-electron chi connectivity index (χ4n) is 1.97. The summed E-state index contributed by atoms with van der Waals surface area (Å²) in [6.07, 6.45) is 1.54. The van der Waals surface area contributed by atoms with E-state index in [4.69, 9.17) is 10.3 Å². The first-order valence-electron chi connectivity index (χ1n) is 6.85. The van der Waals surface area contributed by atoms with Crippen LogP contribution in [-0.4, -0.2) is 33.6 Å². The molecule has 2 aromatic heterocycles. The molecule has 3 aromatic rings. The summed E-state index contributed by atoms with van der Waals surface area (Å²) in [5.74, 6) is 7.05. The Balaban J connectivity index is 1.66. The second kappa shape index (κ2) is 6.57. The highest BCUT2D eigenvalue weighted by Crippen LogP contribution is 2.22. The Labute approximate surface area is 137 Å². The average Bonchev–Trinajstić information content (AvgIpc) is 3.22. The lowest BCUT2D eigenvalue weighted by atomic mass is 10.3. The fraction of sp³-hybridized carbons (Fsp3) is 0.133. The standard InChI is InChI=1S/C15H15N5O2S/c1-19(11-6-3-2-4-7-11)13(21)10-23-15-18-17-14(20(15)16)12-8-5-9-22-12/h2-9H,10,16H2,1H3. The molecule has 2 N–H and O–H groups in total. The number of carbonyl (C=O) groups excluding carboxylic acids is 1. The number of hydrogen-bond donors (Lipinski definition) is 1. The van der Waals surface area contributed by atoms with Crippen LogP contribution in [0.15, 0.2) is 58.3 Å². The molecule has 0 saturated carbocycles. The zero-order valence-electron chi connectivity index (χ0n) is 12.4. The third kappa shape index (κ3) is 3.21. The Morgan fingerprint density at radius 2 is 2.04 bits per heavy atom. The predicted octanol–water partition coefficient (Wildman–Crippen LogP) is 2.01. The maximum absolute atomic E-state index is 12.3. The number of thioether (sulfide) groups is 1. The van der Waals surface area contributed by atoms with Crippen LogP contribution < -0.4 is 10.7 Å². The molecule has 2 heterocycles. The highest BCUT2D eigenvalue weighted by molar-refractivity contribution is 7.99. The monoisotopic (exact) mass is 329 g/mol. The molecule has 0 saturated heterocycles. The molecule has 0 atom stereocenters. The number of anilines is 1. The minimum absolute atomic E-state index is 0.0521. The van der Waals surface area contributed by atoms with Crippen molar-refractivity contribution in [2.45, 2.75) is 5.16 Å². The predicted molar refractivity (Wildman–Crippen MR) is 88.5 cm³/mol. The van der Waals surface area contributed by atoms with Gasteiger partial charge in [0.15, 0.2) is 5.76 Å². The summed E-state index contributed by atoms with van der Waals surface area (Å²) >= 11 is 1.23. The first-order chi connectivity index (χ1) is 11.2. The average molecular weight is 329 g/mol. The summed E-state index contributed by atoms with van der Waals surface area (Å²) in [6, 6.07) is 12.9. The van der Waals surface area contributed by atoms with E-state index in [1.54, 1.807) is 24.1 Å². The number of furan rings is 1. The van der Waals surface area contributed by atoms with Crippen LogP contribution in [0.3, 0.4) is 0 Å². The number of amides is 1. The number of hydrogen-bond acceptors (Lipinski definition) is 6. The molecular formula is C15H15N5O2S. The Bertz CT molecular complexity index is 786. The van der Waals surface area contributed by atoms with E-state index >= 15 is 0 Å². The van der Waals surface area contributed by atoms with Crippen molar-refractivity contribution in [2.24, 2.45) is 0 Å². The van der Waals surface area contributed by atoms with Crippen LogP contribution in [0.5, 0.6) is 0 Å². The highest BCUT2D eigenvalue weighted by Gasteiger charge is 2.17. The van der Waals surface area contributed by atoms with E-state index in [2.05, 4.69) is 10.2 Å². The molecule has 1 aromatic carbocycles. The van der Waals surface area contributed by atoms with Crippen LogP contribution in [0.2, 0.25) is 0 Å². The molecule has 0 bridgehead atoms. The van der Waals surface area contributed by atoms with Gasteiger partial charge < -0.3 is 15.2 Å². The lowest BCUT2D eigenvalue weighted by Crippen LogP contribution is -2.28. The largest absolute Gasteiger partial charge is 0.461 e. The molecule has 0 fully saturated rings. The van der Waals surface area contributed by atoms with Crippen LogP contribution in [0.4, 0.5) is 5.69 Å². The van der Waals surface area contributed by atoms with Crippen LogP contribution in [0.25, 0.3) is 11.6 Å². The Hall–Kier alpha value is -2.74. The summed E-state index contributed by atoms with van der Waals surface area (Å²) in [6.45, 7) is 0. The second-order valence-corrected chi connectivity index (χ2v) is 5.67. The smallest absolute Gasteiger partial charge is 0.237 e. The fourth-order valence-corrected chi connectivity index (χ4v) is 2.74. The molecule has 0 radical (unpaired) electrons. The summed E-state index contributed by atoms with van der Waals surface area (Å²) in [7, 11) is 1.74. The number of carbonyl (C=O) groups is 1. The Morgan fingerprint density at radius 3 is 2.74 bits per heavy atom. The van der Waals surface area contributed by atoms with Crippen molar-refractivity contribution < 1.29 is 9.21 Å². The number of nitrogen functional groups attached to an aromatic ring is 1. The molecule has 0 aliphatic rings. The lowest BCUT2D eigenvalue weighted by Gasteiger charge is -2.16. The number of rotatable bonds is 5. The molecule has 1 amide bonds. The van der Waals surface area contributed by atoms with Gasteiger partial charge in [-0.1, -0.05) is 30.0 Å². The number of para-hydroxylation sites is 1. The van der Waals surface area contributed by atoms with Gasteiger partial charge in [0.05, 0.1) is 12.0 Å². The summed E-state index contributed by atoms with van der Waals surface area (Å²) in [4.78, 5) is 13.8. The van der Waals surface area contributed by atoms with Gasteiger partial charge in [-0.25, -0.2) is 4.68 Å². The lowest BCUT2D eigenvalue weighted by molar-refractivity contribution is -0.115. The zero-order chi connectivity index (χ0) is 16.2. The summed E-state index contributed by atoms with van der Waals surface area (Å²) in [5, 5.41) is 8.43. The molecule has 7 nitrogen and oxygen atoms in total. The maximum Gasteiger partial charge on any atom is 0.237 e. The van der Waals surface area contributed by atoms with Gasteiger partial charge in [-0.2, -0.15) is 0 Å². The van der Waals surface area contributed by atoms with Gasteiger partial charge in [0.25, 0.3) is 0 Å². The van der Waals surface area contributed by atoms with E-state index in [9.17, 15) is 4.79 Å². The zero-order valence-corrected chi connectivity index (χ0v) is 13.2. The third-order valence-corrected chi connectivity index (χ3v) is 4.18. The highest BCUT2D eigenvalue weighted by atomic mass is 32.2. The minimum atomic E-state index is -0.0521. The van der Waals surface area contributed by atoms with E-state index in [0.717, 1.165) is 5.69 Å². The first-order valence-corrected chi connectivity index (χ1v) is 7.84. The van der Waals surface area contributed by atoms with Gasteiger partial charge >= 0.3 is 0 Å². The molecule has 23 heavy (non-hydrogen) atoms. The SMILES string of the molecule is CN(C(=O)CSc1nnc(-c2ccco2)n1N)c1ccccc1. The van der Waals surface area contributed by atoms with Crippen LogP contribution in [0, 0.1) is 0 Å². The molecule has 0 spiro atoms. The van der Waals surface area contributed by atoms with E-state index in [-0.39, 0.29) is 11.7 Å². The Kier molecular flexibility index (Phi) is 4.33. The number of aromatic nitrogens is 3. The number of nitrogens with zero attached hydrogens (tertiary/aromatic N) is 4. The minimum Gasteiger partial charge on any atom is -0.461 e. The number of benzene rings is 1. The van der Waals surface area contributed by atoms with E-state index in [1.807, 2.05) is 30.3 Å². The van der Waals surface area contributed by atoms with Crippen molar-refractivity contribution in [3.63, 3.8) is 0 Å². The van der Waals surface area contributed by atoms with Gasteiger partial charge in [0.2, 0.25) is 16.9 Å². The van der Waals surface area contributed by atoms with Crippen LogP contribution in [-0.2, 0) is 4.79 Å². The van der Waals surface area contributed by atoms with Gasteiger partial charge in [-0.05, 0) is 24.3 Å². The van der Waals surface area contributed by atoms with Crippen molar-refractivity contribution in [2.75, 3.05) is 23.5 Å². The molecule has 0 unspecified atom stereocenters. The van der Waals surface area contributed by atoms with Gasteiger partial charge in [0, 0.05) is 12.7 Å². The number of nitrogens with two attached hydrogens (primary N) is 1. The molecular weight excluding hydrogens is 314 g/mol. The van der Waals surface area contributed by atoms with Crippen molar-refractivity contribution in [3.05, 3.63) is 48.7 Å². The molecule has 8 heteroatoms. The quantitative estimate of drug-likeness (QED) is 0.569. The molecule has 0 aliphatic carbocycles. The van der Waals surface area contributed by atoms with E-state index in [0.29, 0.717) is 16.7 Å². The van der Waals surface area contributed by atoms with Crippen molar-refractivity contribution in [3.8, 4) is 11.6 Å². The van der Waals surface area contributed by atoms with Gasteiger partial charge in [0.1, 0.15) is 0 Å². The summed E-state index contributed by atoms with van der Waals surface area (Å²) < 4.78 is 6.57. The maximum atomic E-state index is 12.3. The normalized spacial score (nSPS) is 10.7. The topological polar surface area (TPSA) is 90.2 Å². The first kappa shape index (κ1) is 15.2. The molecule has 118 valence electrons. The van der Waals surface area contributed by atoms with Crippen molar-refractivity contribution in [1.29, 1.82) is 0 Å². The van der Waals surface area contributed by atoms with Crippen molar-refractivity contribution >= 4 is 23.4 Å². The molecule has 0 aliphatic heterocycles. The second-order valence-electron chi connectivity index (χ2n) is 4.73. The summed E-state index contributed by atoms with van der Waals surface area (Å²) in [5.41, 5.74) is 0.837. The van der Waals surface area contributed by atoms with Crippen molar-refractivity contribution in [1.82, 2.24) is 14.9 Å². The van der Waals surface area contributed by atoms with Crippen LogP contribution in [0.1, 0.15) is 0 Å².